The molecule has 90 valence electrons. The summed E-state index contributed by atoms with van der Waals surface area (Å²) in [6, 6.07) is 4.05. The van der Waals surface area contributed by atoms with Crippen molar-refractivity contribution in [3.63, 3.8) is 0 Å². The molecule has 0 amide bonds. The third-order valence-electron chi connectivity index (χ3n) is 2.45. The number of nitrogen functional groups attached to an aromatic ring is 1. The summed E-state index contributed by atoms with van der Waals surface area (Å²) >= 11 is 5.42. The molecule has 3 N–H and O–H groups in total. The van der Waals surface area contributed by atoms with E-state index < -0.39 is 0 Å². The van der Waals surface area contributed by atoms with E-state index >= 15 is 0 Å². The highest BCUT2D eigenvalue weighted by Crippen LogP contribution is 2.27. The van der Waals surface area contributed by atoms with E-state index in [-0.39, 0.29) is 0 Å². The first-order valence-electron chi connectivity index (χ1n) is 5.43. The Kier molecular flexibility index (Phi) is 6.06. The van der Waals surface area contributed by atoms with Gasteiger partial charge in [-0.3, -0.25) is 0 Å². The van der Waals surface area contributed by atoms with Crippen LogP contribution in [0.1, 0.15) is 18.4 Å². The van der Waals surface area contributed by atoms with E-state index in [1.807, 2.05) is 24.8 Å². The molecule has 1 aromatic rings. The summed E-state index contributed by atoms with van der Waals surface area (Å²) < 4.78 is 1.04. The lowest BCUT2D eigenvalue weighted by atomic mass is 10.2. The van der Waals surface area contributed by atoms with E-state index in [0.29, 0.717) is 0 Å². The summed E-state index contributed by atoms with van der Waals surface area (Å²) in [4.78, 5) is 0. The zero-order chi connectivity index (χ0) is 12.0. The van der Waals surface area contributed by atoms with Crippen LogP contribution in [-0.4, -0.2) is 18.6 Å². The Hall–Kier alpha value is -0.350. The van der Waals surface area contributed by atoms with Crippen LogP contribution in [-0.2, 0) is 0 Å². The quantitative estimate of drug-likeness (QED) is 0.618. The minimum atomic E-state index is 0.833. The summed E-state index contributed by atoms with van der Waals surface area (Å²) in [5.41, 5.74) is 8.91. The van der Waals surface area contributed by atoms with Gasteiger partial charge in [-0.15, -0.1) is 0 Å². The van der Waals surface area contributed by atoms with Gasteiger partial charge in [-0.05, 0) is 65.4 Å². The van der Waals surface area contributed by atoms with Crippen LogP contribution in [0.25, 0.3) is 0 Å². The van der Waals surface area contributed by atoms with Crippen LogP contribution in [0.4, 0.5) is 11.4 Å². The van der Waals surface area contributed by atoms with E-state index in [2.05, 4.69) is 33.6 Å². The molecule has 0 saturated carbocycles. The largest absolute Gasteiger partial charge is 0.398 e. The van der Waals surface area contributed by atoms with Gasteiger partial charge in [0.05, 0.1) is 0 Å². The van der Waals surface area contributed by atoms with Gasteiger partial charge in [0.1, 0.15) is 0 Å². The van der Waals surface area contributed by atoms with Crippen LogP contribution in [0, 0.1) is 6.92 Å². The Bertz CT molecular complexity index is 342. The average Bonchev–Trinajstić information content (AvgIpc) is 2.25. The second-order valence-corrected chi connectivity index (χ2v) is 5.66. The lowest BCUT2D eigenvalue weighted by Crippen LogP contribution is -2.03. The number of unbranched alkanes of at least 4 members (excludes halogenated alkanes) is 1. The molecular weight excluding hydrogens is 284 g/mol. The first-order valence-corrected chi connectivity index (χ1v) is 7.62. The SMILES string of the molecule is CSCCCCNc1cc(C)c(N)cc1Br. The van der Waals surface area contributed by atoms with Crippen molar-refractivity contribution in [2.45, 2.75) is 19.8 Å². The van der Waals surface area contributed by atoms with Gasteiger partial charge in [0.25, 0.3) is 0 Å². The highest BCUT2D eigenvalue weighted by molar-refractivity contribution is 9.10. The van der Waals surface area contributed by atoms with Gasteiger partial charge < -0.3 is 11.1 Å². The molecule has 0 heterocycles. The summed E-state index contributed by atoms with van der Waals surface area (Å²) in [5.74, 6) is 1.24. The van der Waals surface area contributed by atoms with E-state index in [1.165, 1.54) is 18.6 Å². The number of hydrogen-bond acceptors (Lipinski definition) is 3. The molecule has 2 nitrogen and oxygen atoms in total. The lowest BCUT2D eigenvalue weighted by molar-refractivity contribution is 0.843. The highest BCUT2D eigenvalue weighted by Gasteiger charge is 2.02. The third-order valence-corrected chi connectivity index (χ3v) is 3.80. The fourth-order valence-corrected chi connectivity index (χ4v) is 2.42. The Morgan fingerprint density at radius 2 is 2.12 bits per heavy atom. The molecule has 0 aliphatic heterocycles. The monoisotopic (exact) mass is 302 g/mol. The van der Waals surface area contributed by atoms with E-state index in [0.717, 1.165) is 28.0 Å². The van der Waals surface area contributed by atoms with Crippen molar-refractivity contribution in [2.75, 3.05) is 29.6 Å². The Morgan fingerprint density at radius 3 is 2.81 bits per heavy atom. The van der Waals surface area contributed by atoms with Crippen molar-refractivity contribution in [3.8, 4) is 0 Å². The molecular formula is C12H19BrN2S. The van der Waals surface area contributed by atoms with Crippen LogP contribution in [0.15, 0.2) is 16.6 Å². The van der Waals surface area contributed by atoms with Crippen molar-refractivity contribution in [1.29, 1.82) is 0 Å². The van der Waals surface area contributed by atoms with Gasteiger partial charge in [-0.2, -0.15) is 11.8 Å². The molecule has 16 heavy (non-hydrogen) atoms. The van der Waals surface area contributed by atoms with Crippen LogP contribution in [0.3, 0.4) is 0 Å². The third kappa shape index (κ3) is 4.26. The van der Waals surface area contributed by atoms with E-state index in [4.69, 9.17) is 5.73 Å². The molecule has 0 saturated heterocycles. The number of anilines is 2. The Labute approximate surface area is 111 Å². The predicted molar refractivity (Wildman–Crippen MR) is 79.4 cm³/mol. The molecule has 0 atom stereocenters. The second kappa shape index (κ2) is 7.07. The number of thioether (sulfide) groups is 1. The average molecular weight is 303 g/mol. The molecule has 4 heteroatoms. The van der Waals surface area contributed by atoms with Crippen LogP contribution < -0.4 is 11.1 Å². The summed E-state index contributed by atoms with van der Waals surface area (Å²) in [6.45, 7) is 3.04. The maximum Gasteiger partial charge on any atom is 0.0488 e. The van der Waals surface area contributed by atoms with Crippen LogP contribution in [0.5, 0.6) is 0 Å². The second-order valence-electron chi connectivity index (χ2n) is 3.82. The zero-order valence-electron chi connectivity index (χ0n) is 9.85. The number of benzene rings is 1. The van der Waals surface area contributed by atoms with Crippen molar-refractivity contribution in [2.24, 2.45) is 0 Å². The maximum absolute atomic E-state index is 5.82. The van der Waals surface area contributed by atoms with Crippen molar-refractivity contribution < 1.29 is 0 Å². The smallest absolute Gasteiger partial charge is 0.0488 e. The van der Waals surface area contributed by atoms with Gasteiger partial charge in [0.15, 0.2) is 0 Å². The molecule has 0 unspecified atom stereocenters. The van der Waals surface area contributed by atoms with Crippen molar-refractivity contribution in [3.05, 3.63) is 22.2 Å². The number of nitrogens with one attached hydrogen (secondary N) is 1. The minimum absolute atomic E-state index is 0.833. The molecule has 0 aliphatic rings. The van der Waals surface area contributed by atoms with Crippen LogP contribution in [0.2, 0.25) is 0 Å². The number of rotatable bonds is 6. The molecule has 0 fully saturated rings. The van der Waals surface area contributed by atoms with Gasteiger partial charge in [0, 0.05) is 22.4 Å². The first kappa shape index (κ1) is 13.7. The zero-order valence-corrected chi connectivity index (χ0v) is 12.2. The molecule has 1 aromatic carbocycles. The first-order chi connectivity index (χ1) is 7.65. The normalized spacial score (nSPS) is 10.4. The minimum Gasteiger partial charge on any atom is -0.398 e. The molecule has 1 rings (SSSR count). The fraction of sp³-hybridized carbons (Fsp3) is 0.500. The van der Waals surface area contributed by atoms with E-state index in [9.17, 15) is 0 Å². The Balaban J connectivity index is 2.45. The summed E-state index contributed by atoms with van der Waals surface area (Å²) in [6.07, 6.45) is 4.61. The topological polar surface area (TPSA) is 38.0 Å². The fourth-order valence-electron chi connectivity index (χ4n) is 1.43. The maximum atomic E-state index is 5.82. The number of hydrogen-bond donors (Lipinski definition) is 2. The highest BCUT2D eigenvalue weighted by atomic mass is 79.9. The van der Waals surface area contributed by atoms with E-state index in [1.54, 1.807) is 0 Å². The standard InChI is InChI=1S/C12H19BrN2S/c1-9-7-12(10(13)8-11(9)14)15-5-3-4-6-16-2/h7-8,15H,3-6,14H2,1-2H3. The van der Waals surface area contributed by atoms with Crippen molar-refractivity contribution in [1.82, 2.24) is 0 Å². The number of nitrogens with two attached hydrogens (primary N) is 1. The lowest BCUT2D eigenvalue weighted by Gasteiger charge is -2.11. The summed E-state index contributed by atoms with van der Waals surface area (Å²) in [5, 5.41) is 3.43. The van der Waals surface area contributed by atoms with Gasteiger partial charge in [-0.25, -0.2) is 0 Å². The summed E-state index contributed by atoms with van der Waals surface area (Å²) in [7, 11) is 0. The molecule has 0 bridgehead atoms. The van der Waals surface area contributed by atoms with Gasteiger partial charge in [-0.1, -0.05) is 0 Å². The van der Waals surface area contributed by atoms with Crippen molar-refractivity contribution >= 4 is 39.1 Å². The predicted octanol–water partition coefficient (Wildman–Crippen LogP) is 3.89. The van der Waals surface area contributed by atoms with Gasteiger partial charge >= 0.3 is 0 Å². The number of aryl methyl sites for hydroxylation is 1. The molecule has 0 aliphatic carbocycles. The Morgan fingerprint density at radius 1 is 1.38 bits per heavy atom. The van der Waals surface area contributed by atoms with Gasteiger partial charge in [0.2, 0.25) is 0 Å². The molecule has 0 radical (unpaired) electrons. The van der Waals surface area contributed by atoms with Crippen LogP contribution >= 0.6 is 27.7 Å². The number of halogens is 1. The molecule has 0 spiro atoms. The molecule has 0 aromatic heterocycles.